The van der Waals surface area contributed by atoms with E-state index in [-0.39, 0.29) is 5.63 Å². The van der Waals surface area contributed by atoms with E-state index in [0.29, 0.717) is 17.8 Å². The highest BCUT2D eigenvalue weighted by Gasteiger charge is 2.10. The topological polar surface area (TPSA) is 48.7 Å². The van der Waals surface area contributed by atoms with Crippen molar-refractivity contribution in [1.82, 2.24) is 0 Å². The maximum Gasteiger partial charge on any atom is 0.344 e. The van der Waals surface area contributed by atoms with Crippen LogP contribution in [0.25, 0.3) is 44.3 Å². The summed E-state index contributed by atoms with van der Waals surface area (Å²) in [5.41, 5.74) is 6.15. The van der Waals surface area contributed by atoms with E-state index in [9.17, 15) is 4.79 Å². The Bertz CT molecular complexity index is 1730. The molecule has 4 aromatic carbocycles. The molecular formula is C45H54O4. The Morgan fingerprint density at radius 3 is 1.37 bits per heavy atom. The molecule has 4 nitrogen and oxygen atoms in total. The van der Waals surface area contributed by atoms with E-state index in [1.165, 1.54) is 88.2 Å². The van der Waals surface area contributed by atoms with Crippen molar-refractivity contribution in [3.8, 4) is 44.9 Å². The summed E-state index contributed by atoms with van der Waals surface area (Å²) in [6, 6.07) is 32.8. The Morgan fingerprint density at radius 2 is 0.857 bits per heavy atom. The van der Waals surface area contributed by atoms with Crippen molar-refractivity contribution in [1.29, 1.82) is 0 Å². The van der Waals surface area contributed by atoms with E-state index < -0.39 is 0 Å². The van der Waals surface area contributed by atoms with E-state index in [1.54, 1.807) is 0 Å². The van der Waals surface area contributed by atoms with Gasteiger partial charge in [0, 0.05) is 11.5 Å². The van der Waals surface area contributed by atoms with Crippen LogP contribution >= 0.6 is 0 Å². The highest BCUT2D eigenvalue weighted by molar-refractivity contribution is 5.83. The van der Waals surface area contributed by atoms with Crippen LogP contribution in [-0.4, -0.2) is 13.2 Å². The molecule has 0 aliphatic heterocycles. The van der Waals surface area contributed by atoms with Gasteiger partial charge in [0.05, 0.1) is 18.8 Å². The molecule has 0 amide bonds. The molecule has 49 heavy (non-hydrogen) atoms. The van der Waals surface area contributed by atoms with Gasteiger partial charge >= 0.3 is 5.63 Å². The van der Waals surface area contributed by atoms with Gasteiger partial charge in [-0.25, -0.2) is 4.79 Å². The first-order valence-electron chi connectivity index (χ1n) is 18.8. The van der Waals surface area contributed by atoms with E-state index >= 15 is 0 Å². The minimum atomic E-state index is -0.344. The Hall–Kier alpha value is -4.31. The summed E-state index contributed by atoms with van der Waals surface area (Å²) in [5.74, 6) is 1.67. The van der Waals surface area contributed by atoms with E-state index in [1.807, 2.05) is 36.4 Å². The fourth-order valence-electron chi connectivity index (χ4n) is 6.32. The second-order valence-corrected chi connectivity index (χ2v) is 13.3. The van der Waals surface area contributed by atoms with Crippen LogP contribution in [0.4, 0.5) is 0 Å². The molecule has 5 rings (SSSR count). The number of fused-ring (bicyclic) bond motifs is 1. The van der Waals surface area contributed by atoms with Gasteiger partial charge in [-0.05, 0) is 71.0 Å². The second-order valence-electron chi connectivity index (χ2n) is 13.3. The third-order valence-electron chi connectivity index (χ3n) is 9.34. The first kappa shape index (κ1) is 36.0. The monoisotopic (exact) mass is 658 g/mol. The summed E-state index contributed by atoms with van der Waals surface area (Å²) in [6.45, 7) is 5.96. The maximum atomic E-state index is 13.0. The maximum absolute atomic E-state index is 13.0. The first-order chi connectivity index (χ1) is 24.1. The van der Waals surface area contributed by atoms with Crippen LogP contribution in [0.15, 0.2) is 106 Å². The SMILES string of the molecule is CCCCCCCCCCOc1ccc2cc(-c3ccc(-c4ccc(-c5ccc(OCCCCCCCC)cc5)cc4)cc3)c(=O)oc2c1. The Kier molecular flexibility index (Phi) is 14.4. The molecule has 4 heteroatoms. The molecule has 1 heterocycles. The fraction of sp³-hybridized carbons (Fsp3) is 0.400. The van der Waals surface area contributed by atoms with E-state index in [4.69, 9.17) is 13.9 Å². The standard InChI is InChI=1S/C45H54O4/c1-3-5-7-9-11-12-14-16-32-48-42-30-27-40-33-43(45(46)49-44(40)34-42)39-23-21-37(22-24-39)35-17-19-36(20-18-35)38-25-28-41(29-26-38)47-31-15-13-10-8-6-4-2/h17-30,33-34H,3-16,31-32H2,1-2H3. The molecule has 0 unspecified atom stereocenters. The molecular weight excluding hydrogens is 604 g/mol. The van der Waals surface area contributed by atoms with Gasteiger partial charge in [0.15, 0.2) is 0 Å². The molecule has 0 fully saturated rings. The Balaban J connectivity index is 1.12. The lowest BCUT2D eigenvalue weighted by atomic mass is 9.98. The van der Waals surface area contributed by atoms with Gasteiger partial charge in [-0.3, -0.25) is 0 Å². The smallest absolute Gasteiger partial charge is 0.344 e. The molecule has 0 saturated carbocycles. The van der Waals surface area contributed by atoms with Gasteiger partial charge < -0.3 is 13.9 Å². The quantitative estimate of drug-likeness (QED) is 0.0581. The molecule has 0 atom stereocenters. The minimum Gasteiger partial charge on any atom is -0.494 e. The number of rotatable bonds is 21. The zero-order valence-electron chi connectivity index (χ0n) is 29.7. The largest absolute Gasteiger partial charge is 0.494 e. The summed E-state index contributed by atoms with van der Waals surface area (Å²) >= 11 is 0. The summed E-state index contributed by atoms with van der Waals surface area (Å²) < 4.78 is 17.7. The van der Waals surface area contributed by atoms with Crippen molar-refractivity contribution in [2.75, 3.05) is 13.2 Å². The fourth-order valence-corrected chi connectivity index (χ4v) is 6.32. The second kappa shape index (κ2) is 19.6. The van der Waals surface area contributed by atoms with Crippen molar-refractivity contribution in [3.05, 3.63) is 107 Å². The van der Waals surface area contributed by atoms with Gasteiger partial charge in [0.2, 0.25) is 0 Å². The molecule has 0 saturated heterocycles. The molecule has 0 bridgehead atoms. The molecule has 1 aromatic heterocycles. The van der Waals surface area contributed by atoms with Crippen LogP contribution in [0.5, 0.6) is 11.5 Å². The van der Waals surface area contributed by atoms with Crippen molar-refractivity contribution in [3.63, 3.8) is 0 Å². The van der Waals surface area contributed by atoms with Crippen LogP contribution in [-0.2, 0) is 0 Å². The zero-order valence-corrected chi connectivity index (χ0v) is 29.7. The van der Waals surface area contributed by atoms with Gasteiger partial charge in [0.1, 0.15) is 17.1 Å². The number of benzene rings is 4. The Morgan fingerprint density at radius 1 is 0.449 bits per heavy atom. The lowest BCUT2D eigenvalue weighted by molar-refractivity contribution is 0.304. The number of hydrogen-bond donors (Lipinski definition) is 0. The van der Waals surface area contributed by atoms with Gasteiger partial charge in [-0.15, -0.1) is 0 Å². The lowest BCUT2D eigenvalue weighted by Crippen LogP contribution is -2.03. The predicted molar refractivity (Wildman–Crippen MR) is 206 cm³/mol. The molecule has 0 aliphatic carbocycles. The first-order valence-corrected chi connectivity index (χ1v) is 18.8. The third-order valence-corrected chi connectivity index (χ3v) is 9.34. The van der Waals surface area contributed by atoms with Gasteiger partial charge in [0.25, 0.3) is 0 Å². The summed E-state index contributed by atoms with van der Waals surface area (Å²) in [6.07, 6.45) is 17.7. The van der Waals surface area contributed by atoms with Crippen molar-refractivity contribution in [2.45, 2.75) is 104 Å². The number of unbranched alkanes of at least 4 members (excludes halogenated alkanes) is 12. The average molecular weight is 659 g/mol. The minimum absolute atomic E-state index is 0.344. The number of hydrogen-bond acceptors (Lipinski definition) is 4. The zero-order chi connectivity index (χ0) is 34.1. The van der Waals surface area contributed by atoms with Gasteiger partial charge in [-0.1, -0.05) is 152 Å². The van der Waals surface area contributed by atoms with Gasteiger partial charge in [-0.2, -0.15) is 0 Å². The predicted octanol–water partition coefficient (Wildman–Crippen LogP) is 13.1. The number of ether oxygens (including phenoxy) is 2. The lowest BCUT2D eigenvalue weighted by Gasteiger charge is -2.09. The van der Waals surface area contributed by atoms with Crippen molar-refractivity contribution in [2.24, 2.45) is 0 Å². The molecule has 0 aliphatic rings. The highest BCUT2D eigenvalue weighted by atomic mass is 16.5. The molecule has 258 valence electrons. The third kappa shape index (κ3) is 11.1. The van der Waals surface area contributed by atoms with E-state index in [2.05, 4.69) is 74.5 Å². The highest BCUT2D eigenvalue weighted by Crippen LogP contribution is 2.29. The van der Waals surface area contributed by atoms with Crippen molar-refractivity contribution >= 4 is 11.0 Å². The van der Waals surface area contributed by atoms with Crippen LogP contribution in [0, 0.1) is 0 Å². The van der Waals surface area contributed by atoms with E-state index in [0.717, 1.165) is 53.0 Å². The molecule has 0 N–H and O–H groups in total. The Labute approximate surface area is 293 Å². The summed E-state index contributed by atoms with van der Waals surface area (Å²) in [4.78, 5) is 13.0. The normalized spacial score (nSPS) is 11.2. The summed E-state index contributed by atoms with van der Waals surface area (Å²) in [5, 5.41) is 0.881. The van der Waals surface area contributed by atoms with Crippen LogP contribution < -0.4 is 15.1 Å². The van der Waals surface area contributed by atoms with Crippen LogP contribution in [0.3, 0.4) is 0 Å². The summed E-state index contributed by atoms with van der Waals surface area (Å²) in [7, 11) is 0. The molecule has 5 aromatic rings. The molecule has 0 radical (unpaired) electrons. The average Bonchev–Trinajstić information content (AvgIpc) is 3.14. The van der Waals surface area contributed by atoms with Crippen molar-refractivity contribution < 1.29 is 13.9 Å². The van der Waals surface area contributed by atoms with Crippen LogP contribution in [0.1, 0.15) is 104 Å². The van der Waals surface area contributed by atoms with Crippen LogP contribution in [0.2, 0.25) is 0 Å². The molecule has 0 spiro atoms.